The molecule has 0 amide bonds. The van der Waals surface area contributed by atoms with Crippen molar-refractivity contribution in [3.05, 3.63) is 22.2 Å². The van der Waals surface area contributed by atoms with Crippen LogP contribution in [0.4, 0.5) is 11.4 Å². The van der Waals surface area contributed by atoms with Crippen molar-refractivity contribution < 1.29 is 24.2 Å². The highest BCUT2D eigenvalue weighted by Gasteiger charge is 2.27. The van der Waals surface area contributed by atoms with Gasteiger partial charge in [0.1, 0.15) is 12.2 Å². The fourth-order valence-corrected chi connectivity index (χ4v) is 5.10. The van der Waals surface area contributed by atoms with Crippen LogP contribution in [-0.2, 0) is 9.53 Å². The zero-order valence-corrected chi connectivity index (χ0v) is 16.5. The van der Waals surface area contributed by atoms with Gasteiger partial charge in [0.05, 0.1) is 10.6 Å². The molecule has 1 aliphatic rings. The minimum atomic E-state index is -0.594. The molecule has 0 radical (unpaired) electrons. The van der Waals surface area contributed by atoms with Crippen LogP contribution in [0.5, 0.6) is 0 Å². The van der Waals surface area contributed by atoms with Gasteiger partial charge in [-0.25, -0.2) is 4.63 Å². The zero-order chi connectivity index (χ0) is 19.9. The molecule has 2 heterocycles. The van der Waals surface area contributed by atoms with Gasteiger partial charge in [-0.1, -0.05) is 28.0 Å². The summed E-state index contributed by atoms with van der Waals surface area (Å²) in [6.07, 6.45) is 1.61. The topological polar surface area (TPSA) is 141 Å². The number of benzene rings is 1. The lowest BCUT2D eigenvalue weighted by molar-refractivity contribution is -0.383. The minimum absolute atomic E-state index is 0.110. The van der Waals surface area contributed by atoms with E-state index in [2.05, 4.69) is 20.3 Å². The molecule has 1 aromatic heterocycles. The first-order valence-electron chi connectivity index (χ1n) is 8.81. The molecule has 3 rings (SSSR count). The number of non-ortho nitro benzene ring substituents is 1. The maximum atomic E-state index is 11.9. The lowest BCUT2D eigenvalue weighted by atomic mass is 10.2. The highest BCUT2D eigenvalue weighted by Crippen LogP contribution is 2.31. The number of carbonyl (C=O) groups is 1. The Kier molecular flexibility index (Phi) is 7.34. The van der Waals surface area contributed by atoms with E-state index in [0.717, 1.165) is 12.8 Å². The Bertz CT molecular complexity index is 833. The van der Waals surface area contributed by atoms with Crippen LogP contribution in [-0.4, -0.2) is 56.6 Å². The number of hydrogen-bond donors (Lipinski definition) is 2. The first kappa shape index (κ1) is 20.7. The van der Waals surface area contributed by atoms with Crippen molar-refractivity contribution in [1.82, 2.24) is 10.3 Å². The molecule has 0 spiro atoms. The van der Waals surface area contributed by atoms with Crippen molar-refractivity contribution in [2.45, 2.75) is 37.9 Å². The molecule has 12 heteroatoms. The third kappa shape index (κ3) is 5.26. The van der Waals surface area contributed by atoms with E-state index in [9.17, 15) is 20.0 Å². The van der Waals surface area contributed by atoms with E-state index in [1.165, 1.54) is 6.07 Å². The summed E-state index contributed by atoms with van der Waals surface area (Å²) in [6.45, 7) is 0.615. The van der Waals surface area contributed by atoms with Crippen molar-refractivity contribution in [2.75, 3.05) is 23.4 Å². The monoisotopic (exact) mass is 428 g/mol. The van der Waals surface area contributed by atoms with Crippen LogP contribution < -0.4 is 5.32 Å². The summed E-state index contributed by atoms with van der Waals surface area (Å²) >= 11 is 0. The molecule has 28 heavy (non-hydrogen) atoms. The number of carbonyl (C=O) groups excluding carboxylic acids is 1. The third-order valence-electron chi connectivity index (χ3n) is 4.23. The lowest BCUT2D eigenvalue weighted by Crippen LogP contribution is -2.37. The van der Waals surface area contributed by atoms with E-state index < -0.39 is 17.1 Å². The number of esters is 1. The smallest absolute Gasteiger partial charge is 0.306 e. The quantitative estimate of drug-likeness (QED) is 0.200. The number of aliphatic hydroxyl groups is 1. The number of nitrogens with zero attached hydrogens (tertiary/aromatic N) is 3. The number of unbranched alkanes of at least 4 members (excludes halogenated alkanes) is 2. The fraction of sp³-hybridized carbons (Fsp3) is 0.562. The maximum absolute atomic E-state index is 11.9. The molecular weight excluding hydrogens is 408 g/mol. The van der Waals surface area contributed by atoms with Crippen LogP contribution in [0.3, 0.4) is 0 Å². The highest BCUT2D eigenvalue weighted by atomic mass is 33.1. The third-order valence-corrected chi connectivity index (χ3v) is 6.66. The van der Waals surface area contributed by atoms with E-state index in [4.69, 9.17) is 4.74 Å². The first-order chi connectivity index (χ1) is 13.6. The average molecular weight is 428 g/mol. The van der Waals surface area contributed by atoms with Gasteiger partial charge in [0.2, 0.25) is 5.52 Å². The standard InChI is InChI=1S/C16H20N4O6S2/c21-12-8-27-28-9-13(12)25-14(22)4-2-1-3-7-17-10-5-6-11(20(23)24)16-15(10)18-26-19-16/h5-6,12-13,17,21H,1-4,7-9H2. The second-order valence-corrected chi connectivity index (χ2v) is 8.81. The largest absolute Gasteiger partial charge is 0.459 e. The van der Waals surface area contributed by atoms with Crippen LogP contribution in [0.25, 0.3) is 11.0 Å². The van der Waals surface area contributed by atoms with Crippen molar-refractivity contribution in [3.63, 3.8) is 0 Å². The van der Waals surface area contributed by atoms with Crippen molar-refractivity contribution in [3.8, 4) is 0 Å². The highest BCUT2D eigenvalue weighted by molar-refractivity contribution is 8.76. The number of ether oxygens (including phenoxy) is 1. The number of aromatic nitrogens is 2. The molecule has 0 saturated carbocycles. The molecule has 152 valence electrons. The number of nitro benzene ring substituents is 1. The van der Waals surface area contributed by atoms with Crippen molar-refractivity contribution in [1.29, 1.82) is 0 Å². The van der Waals surface area contributed by atoms with Crippen LogP contribution in [0, 0.1) is 10.1 Å². The Labute approximate surface area is 168 Å². The predicted molar refractivity (Wildman–Crippen MR) is 106 cm³/mol. The molecular formula is C16H20N4O6S2. The van der Waals surface area contributed by atoms with Gasteiger partial charge in [0.25, 0.3) is 0 Å². The number of hydrogen-bond acceptors (Lipinski definition) is 11. The van der Waals surface area contributed by atoms with Gasteiger partial charge in [-0.2, -0.15) is 0 Å². The maximum Gasteiger partial charge on any atom is 0.306 e. The average Bonchev–Trinajstić information content (AvgIpc) is 3.16. The SMILES string of the molecule is O=C(CCCCCNc1ccc([N+](=O)[O-])c2nonc12)OC1CSSCC1O. The van der Waals surface area contributed by atoms with E-state index >= 15 is 0 Å². The molecule has 1 aliphatic heterocycles. The van der Waals surface area contributed by atoms with E-state index in [1.54, 1.807) is 27.7 Å². The number of anilines is 1. The van der Waals surface area contributed by atoms with Gasteiger partial charge >= 0.3 is 11.7 Å². The van der Waals surface area contributed by atoms with Crippen LogP contribution >= 0.6 is 21.6 Å². The van der Waals surface area contributed by atoms with Gasteiger partial charge in [0.15, 0.2) is 5.52 Å². The summed E-state index contributed by atoms with van der Waals surface area (Å²) in [4.78, 5) is 22.3. The van der Waals surface area contributed by atoms with Gasteiger partial charge in [-0.3, -0.25) is 14.9 Å². The molecule has 10 nitrogen and oxygen atoms in total. The summed E-state index contributed by atoms with van der Waals surface area (Å²) in [6, 6.07) is 2.94. The Hall–Kier alpha value is -2.05. The number of fused-ring (bicyclic) bond motifs is 1. The van der Waals surface area contributed by atoms with Gasteiger partial charge < -0.3 is 15.2 Å². The molecule has 1 aromatic carbocycles. The molecule has 2 unspecified atom stereocenters. The summed E-state index contributed by atoms with van der Waals surface area (Å²) in [7, 11) is 3.19. The summed E-state index contributed by atoms with van der Waals surface area (Å²) in [5.41, 5.74) is 0.891. The summed E-state index contributed by atoms with van der Waals surface area (Å²) in [5.74, 6) is 0.906. The summed E-state index contributed by atoms with van der Waals surface area (Å²) < 4.78 is 9.95. The normalized spacial score (nSPS) is 19.5. The Balaban J connectivity index is 1.37. The van der Waals surface area contributed by atoms with E-state index in [0.29, 0.717) is 42.1 Å². The number of rotatable bonds is 9. The van der Waals surface area contributed by atoms with Crippen LogP contribution in [0.15, 0.2) is 16.8 Å². The second-order valence-electron chi connectivity index (χ2n) is 6.25. The Morgan fingerprint density at radius 3 is 2.86 bits per heavy atom. The van der Waals surface area contributed by atoms with Gasteiger partial charge in [-0.15, -0.1) is 0 Å². The molecule has 2 aromatic rings. The zero-order valence-electron chi connectivity index (χ0n) is 14.9. The molecule has 0 aliphatic carbocycles. The van der Waals surface area contributed by atoms with Crippen LogP contribution in [0.1, 0.15) is 25.7 Å². The van der Waals surface area contributed by atoms with E-state index in [1.807, 2.05) is 0 Å². The minimum Gasteiger partial charge on any atom is -0.459 e. The molecule has 2 atom stereocenters. The molecule has 1 saturated heterocycles. The number of nitro groups is 1. The summed E-state index contributed by atoms with van der Waals surface area (Å²) in [5, 5.41) is 31.3. The Morgan fingerprint density at radius 2 is 2.07 bits per heavy atom. The Morgan fingerprint density at radius 1 is 1.29 bits per heavy atom. The fourth-order valence-electron chi connectivity index (χ4n) is 2.73. The van der Waals surface area contributed by atoms with Crippen molar-refractivity contribution >= 4 is 50.0 Å². The van der Waals surface area contributed by atoms with Crippen molar-refractivity contribution in [2.24, 2.45) is 0 Å². The molecule has 0 bridgehead atoms. The first-order valence-corrected chi connectivity index (χ1v) is 11.3. The molecule has 2 N–H and O–H groups in total. The molecule has 1 fully saturated rings. The number of nitrogens with one attached hydrogen (secondary N) is 1. The number of aliphatic hydroxyl groups excluding tert-OH is 1. The van der Waals surface area contributed by atoms with Gasteiger partial charge in [0, 0.05) is 30.5 Å². The van der Waals surface area contributed by atoms with Crippen LogP contribution in [0.2, 0.25) is 0 Å². The van der Waals surface area contributed by atoms with Gasteiger partial charge in [-0.05, 0) is 29.2 Å². The van der Waals surface area contributed by atoms with E-state index in [-0.39, 0.29) is 17.2 Å². The second kappa shape index (κ2) is 9.94. The predicted octanol–water partition coefficient (Wildman–Crippen LogP) is 2.77. The lowest BCUT2D eigenvalue weighted by Gasteiger charge is -2.26.